The van der Waals surface area contributed by atoms with Crippen LogP contribution in [0.1, 0.15) is 44.7 Å². The summed E-state index contributed by atoms with van der Waals surface area (Å²) in [7, 11) is 0. The second kappa shape index (κ2) is 19.4. The molecule has 0 spiro atoms. The fourth-order valence-electron chi connectivity index (χ4n) is 6.03. The molecular formula is C44H42O12. The molecule has 0 N–H and O–H groups in total. The van der Waals surface area contributed by atoms with Gasteiger partial charge in [0.05, 0.1) is 24.3 Å². The molecule has 4 aromatic rings. The first-order chi connectivity index (χ1) is 27.3. The Morgan fingerprint density at radius 1 is 0.536 bits per heavy atom. The molecule has 2 aliphatic rings. The molecule has 4 aromatic carbocycles. The van der Waals surface area contributed by atoms with Crippen LogP contribution >= 0.6 is 0 Å². The highest BCUT2D eigenvalue weighted by molar-refractivity contribution is 5.90. The van der Waals surface area contributed by atoms with E-state index >= 15 is 0 Å². The maximum absolute atomic E-state index is 13.0. The van der Waals surface area contributed by atoms with Crippen molar-refractivity contribution in [3.8, 4) is 23.0 Å². The molecule has 2 heterocycles. The van der Waals surface area contributed by atoms with Crippen molar-refractivity contribution in [2.75, 3.05) is 26.4 Å². The zero-order valence-corrected chi connectivity index (χ0v) is 30.7. The van der Waals surface area contributed by atoms with Gasteiger partial charge in [0.25, 0.3) is 0 Å². The van der Waals surface area contributed by atoms with Crippen LogP contribution in [0.2, 0.25) is 0 Å². The number of carbonyl (C=O) groups is 4. The lowest BCUT2D eigenvalue weighted by molar-refractivity contribution is -0.135. The minimum Gasteiger partial charge on any atom is -0.490 e. The van der Waals surface area contributed by atoms with Crippen LogP contribution in [0.3, 0.4) is 0 Å². The van der Waals surface area contributed by atoms with E-state index in [1.54, 1.807) is 12.2 Å². The summed E-state index contributed by atoms with van der Waals surface area (Å²) in [6, 6.07) is 27.0. The van der Waals surface area contributed by atoms with Gasteiger partial charge in [-0.3, -0.25) is 9.59 Å². The van der Waals surface area contributed by atoms with E-state index in [1.807, 2.05) is 48.5 Å². The quantitative estimate of drug-likeness (QED) is 0.0626. The summed E-state index contributed by atoms with van der Waals surface area (Å²) in [6.45, 7) is 8.20. The van der Waals surface area contributed by atoms with Gasteiger partial charge in [0.1, 0.15) is 48.4 Å². The Morgan fingerprint density at radius 2 is 0.893 bits per heavy atom. The molecule has 2 fully saturated rings. The van der Waals surface area contributed by atoms with Crippen LogP contribution in [0.25, 0.3) is 0 Å². The number of aryl methyl sites for hydroxylation is 2. The Labute approximate surface area is 324 Å². The van der Waals surface area contributed by atoms with Gasteiger partial charge in [0, 0.05) is 12.8 Å². The molecule has 0 radical (unpaired) electrons. The van der Waals surface area contributed by atoms with E-state index in [2.05, 4.69) is 13.2 Å². The fraction of sp³-hybridized carbons (Fsp3) is 0.273. The number of rotatable bonds is 18. The molecule has 0 saturated carbocycles. The first kappa shape index (κ1) is 39.5. The van der Waals surface area contributed by atoms with Crippen LogP contribution in [-0.4, -0.2) is 74.7 Å². The molecule has 56 heavy (non-hydrogen) atoms. The number of ether oxygens (including phenoxy) is 8. The van der Waals surface area contributed by atoms with Crippen molar-refractivity contribution in [3.63, 3.8) is 0 Å². The molecule has 0 aliphatic carbocycles. The van der Waals surface area contributed by atoms with Crippen LogP contribution in [0.5, 0.6) is 23.0 Å². The number of hydrogen-bond donors (Lipinski definition) is 0. The van der Waals surface area contributed by atoms with E-state index in [4.69, 9.17) is 37.9 Å². The Morgan fingerprint density at radius 3 is 1.25 bits per heavy atom. The lowest BCUT2D eigenvalue weighted by atomic mass is 10.1. The second-order valence-electron chi connectivity index (χ2n) is 13.0. The maximum Gasteiger partial charge on any atom is 0.338 e. The molecule has 12 heteroatoms. The second-order valence-corrected chi connectivity index (χ2v) is 13.0. The summed E-state index contributed by atoms with van der Waals surface area (Å²) in [6.07, 6.45) is 1.98. The van der Waals surface area contributed by atoms with E-state index in [0.29, 0.717) is 37.6 Å². The standard InChI is InChI=1S/C44H42O12/c1-3-25-49-33-15-5-29(6-16-33)9-23-39(45)53-35-19-11-31(12-20-35)43(47)55-37-27-51-42-38(28-52-41(37)42)56-44(48)32-13-21-36(22-14-32)54-40(46)24-10-30-7-17-34(18-8-30)50-26-4-2/h3-8,11-22,37-38,41-42H,1-2,9-10,23-28H2. The van der Waals surface area contributed by atoms with Gasteiger partial charge in [-0.25, -0.2) is 9.59 Å². The van der Waals surface area contributed by atoms with E-state index in [1.165, 1.54) is 48.5 Å². The van der Waals surface area contributed by atoms with Crippen molar-refractivity contribution in [1.82, 2.24) is 0 Å². The van der Waals surface area contributed by atoms with E-state index in [-0.39, 0.29) is 37.2 Å². The first-order valence-electron chi connectivity index (χ1n) is 18.2. The SMILES string of the molecule is C=CCOc1ccc(CCC(=O)Oc2ccc(C(=O)OC3COC4C(OC(=O)c5ccc(OC(=O)CCc6ccc(OCC=C)cc6)cc5)COC34)cc2)cc1. The Balaban J connectivity index is 0.904. The smallest absolute Gasteiger partial charge is 0.338 e. The molecule has 290 valence electrons. The number of fused-ring (bicyclic) bond motifs is 1. The van der Waals surface area contributed by atoms with E-state index in [9.17, 15) is 19.2 Å². The molecule has 0 aromatic heterocycles. The highest BCUT2D eigenvalue weighted by Gasteiger charge is 2.51. The summed E-state index contributed by atoms with van der Waals surface area (Å²) in [5, 5.41) is 0. The van der Waals surface area contributed by atoms with Crippen molar-refractivity contribution < 1.29 is 57.1 Å². The van der Waals surface area contributed by atoms with E-state index < -0.39 is 48.3 Å². The summed E-state index contributed by atoms with van der Waals surface area (Å²) >= 11 is 0. The summed E-state index contributed by atoms with van der Waals surface area (Å²) in [5.74, 6) is 0.0137. The van der Waals surface area contributed by atoms with Crippen molar-refractivity contribution in [2.24, 2.45) is 0 Å². The van der Waals surface area contributed by atoms with Gasteiger partial charge in [0.15, 0.2) is 12.2 Å². The lowest BCUT2D eigenvalue weighted by Crippen LogP contribution is -2.36. The van der Waals surface area contributed by atoms with Crippen LogP contribution in [-0.2, 0) is 41.4 Å². The molecule has 4 unspecified atom stereocenters. The van der Waals surface area contributed by atoms with Gasteiger partial charge in [0.2, 0.25) is 0 Å². The molecule has 0 amide bonds. The summed E-state index contributed by atoms with van der Waals surface area (Å²) in [4.78, 5) is 50.8. The van der Waals surface area contributed by atoms with Gasteiger partial charge in [-0.1, -0.05) is 49.6 Å². The summed E-state index contributed by atoms with van der Waals surface area (Å²) < 4.78 is 44.9. The topological polar surface area (TPSA) is 142 Å². The number of benzene rings is 4. The molecule has 6 rings (SSSR count). The Kier molecular flexibility index (Phi) is 13.7. The van der Waals surface area contributed by atoms with Crippen molar-refractivity contribution in [3.05, 3.63) is 145 Å². The fourth-order valence-corrected chi connectivity index (χ4v) is 6.03. The van der Waals surface area contributed by atoms with Crippen molar-refractivity contribution >= 4 is 23.9 Å². The monoisotopic (exact) mass is 762 g/mol. The molecule has 12 nitrogen and oxygen atoms in total. The normalized spacial score (nSPS) is 18.2. The van der Waals surface area contributed by atoms with Gasteiger partial charge in [-0.15, -0.1) is 0 Å². The third-order valence-corrected chi connectivity index (χ3v) is 8.94. The largest absolute Gasteiger partial charge is 0.490 e. The molecule has 0 bridgehead atoms. The highest BCUT2D eigenvalue weighted by atomic mass is 16.7. The van der Waals surface area contributed by atoms with Crippen molar-refractivity contribution in [2.45, 2.75) is 50.1 Å². The number of carbonyl (C=O) groups excluding carboxylic acids is 4. The average Bonchev–Trinajstić information content (AvgIpc) is 3.81. The Bertz CT molecular complexity index is 1830. The van der Waals surface area contributed by atoms with Gasteiger partial charge in [-0.2, -0.15) is 0 Å². The van der Waals surface area contributed by atoms with E-state index in [0.717, 1.165) is 22.6 Å². The summed E-state index contributed by atoms with van der Waals surface area (Å²) in [5.41, 5.74) is 2.44. The van der Waals surface area contributed by atoms with Crippen LogP contribution in [0.15, 0.2) is 122 Å². The zero-order valence-electron chi connectivity index (χ0n) is 30.7. The van der Waals surface area contributed by atoms with Crippen molar-refractivity contribution in [1.29, 1.82) is 0 Å². The highest BCUT2D eigenvalue weighted by Crippen LogP contribution is 2.32. The maximum atomic E-state index is 13.0. The number of hydrogen-bond acceptors (Lipinski definition) is 12. The molecule has 2 aliphatic heterocycles. The van der Waals surface area contributed by atoms with Crippen LogP contribution < -0.4 is 18.9 Å². The van der Waals surface area contributed by atoms with Gasteiger partial charge >= 0.3 is 23.9 Å². The van der Waals surface area contributed by atoms with Gasteiger partial charge in [-0.05, 0) is 96.8 Å². The first-order valence-corrected chi connectivity index (χ1v) is 18.2. The molecule has 2 saturated heterocycles. The minimum atomic E-state index is -0.721. The molecule has 4 atom stereocenters. The minimum absolute atomic E-state index is 0.0604. The van der Waals surface area contributed by atoms with Gasteiger partial charge < -0.3 is 37.9 Å². The predicted molar refractivity (Wildman–Crippen MR) is 203 cm³/mol. The molecular weight excluding hydrogens is 720 g/mol. The third-order valence-electron chi connectivity index (χ3n) is 8.94. The third kappa shape index (κ3) is 10.9. The number of esters is 4. The predicted octanol–water partition coefficient (Wildman–Crippen LogP) is 6.44. The average molecular weight is 763 g/mol. The zero-order chi connectivity index (χ0) is 39.3. The lowest BCUT2D eigenvalue weighted by Gasteiger charge is -2.17. The Hall–Kier alpha value is -6.24. The van der Waals surface area contributed by atoms with Crippen LogP contribution in [0, 0.1) is 0 Å². The van der Waals surface area contributed by atoms with Crippen LogP contribution in [0.4, 0.5) is 0 Å².